The van der Waals surface area contributed by atoms with E-state index in [0.29, 0.717) is 37.1 Å². The van der Waals surface area contributed by atoms with Crippen molar-refractivity contribution in [1.29, 1.82) is 5.26 Å². The lowest BCUT2D eigenvalue weighted by atomic mass is 10.00. The zero-order valence-electron chi connectivity index (χ0n) is 21.6. The fraction of sp³-hybridized carbons (Fsp3) is 0.444. The number of halogens is 3. The van der Waals surface area contributed by atoms with Crippen LogP contribution in [-0.4, -0.2) is 67.6 Å². The highest BCUT2D eigenvalue weighted by atomic mass is 32.2. The van der Waals surface area contributed by atoms with E-state index in [2.05, 4.69) is 10.2 Å². The van der Waals surface area contributed by atoms with Crippen LogP contribution in [0.15, 0.2) is 53.4 Å². The summed E-state index contributed by atoms with van der Waals surface area (Å²) in [6, 6.07) is 13.6. The van der Waals surface area contributed by atoms with Crippen molar-refractivity contribution in [3.8, 4) is 17.2 Å². The molecule has 2 aliphatic heterocycles. The van der Waals surface area contributed by atoms with Gasteiger partial charge in [-0.15, -0.1) is 5.06 Å². The van der Waals surface area contributed by atoms with Crippen molar-refractivity contribution in [3.63, 3.8) is 0 Å². The van der Waals surface area contributed by atoms with Crippen LogP contribution < -0.4 is 5.32 Å². The molecule has 4 rings (SSSR count). The van der Waals surface area contributed by atoms with Crippen LogP contribution in [0.5, 0.6) is 0 Å². The van der Waals surface area contributed by atoms with Crippen molar-refractivity contribution in [2.45, 2.75) is 61.7 Å². The minimum absolute atomic E-state index is 0.0286. The normalized spacial score (nSPS) is 19.5. The van der Waals surface area contributed by atoms with Crippen LogP contribution in [0.25, 0.3) is 11.1 Å². The molecule has 0 bridgehead atoms. The number of nitrogens with one attached hydrogen (secondary N) is 1. The van der Waals surface area contributed by atoms with Crippen molar-refractivity contribution in [1.82, 2.24) is 14.7 Å². The second-order valence-corrected chi connectivity index (χ2v) is 11.7. The van der Waals surface area contributed by atoms with Crippen molar-refractivity contribution in [2.75, 3.05) is 19.6 Å². The lowest BCUT2D eigenvalue weighted by Gasteiger charge is -2.33. The van der Waals surface area contributed by atoms with E-state index in [1.807, 2.05) is 6.07 Å². The molecular weight excluding hydrogens is 549 g/mol. The average Bonchev–Trinajstić information content (AvgIpc) is 3.49. The fourth-order valence-corrected chi connectivity index (χ4v) is 6.38. The van der Waals surface area contributed by atoms with E-state index >= 15 is 0 Å². The van der Waals surface area contributed by atoms with Gasteiger partial charge in [-0.2, -0.15) is 22.7 Å². The number of hydrogen-bond donors (Lipinski definition) is 1. The zero-order valence-corrected chi connectivity index (χ0v) is 22.4. The standard InChI is InChI=1S/C27H29F3N4O5S/c28-27(29,30)26(36)39-34-15-2-1-8-24(34)25(35)32-22(18-31)16-19-9-11-20(12-10-19)21-6-5-7-23(17-21)40(37,38)33-13-3-4-14-33/h5-7,9-12,17,22,24H,1-4,8,13-16H2,(H,32,35)/t22-,24-/m0/s1. The van der Waals surface area contributed by atoms with Crippen LogP contribution >= 0.6 is 0 Å². The Labute approximate surface area is 230 Å². The molecule has 1 N–H and O–H groups in total. The van der Waals surface area contributed by atoms with Crippen LogP contribution in [0.2, 0.25) is 0 Å². The SMILES string of the molecule is N#C[C@H](Cc1ccc(-c2cccc(S(=O)(=O)N3CCCC3)c2)cc1)NC(=O)[C@@H]1CCCCN1OC(=O)C(F)(F)F. The smallest absolute Gasteiger partial charge is 0.360 e. The minimum Gasteiger partial charge on any atom is -0.360 e. The van der Waals surface area contributed by atoms with Gasteiger partial charge in [0.05, 0.1) is 11.0 Å². The Morgan fingerprint density at radius 3 is 2.35 bits per heavy atom. The lowest BCUT2D eigenvalue weighted by Crippen LogP contribution is -2.53. The number of nitrogens with zero attached hydrogens (tertiary/aromatic N) is 3. The Bertz CT molecular complexity index is 1370. The van der Waals surface area contributed by atoms with Crippen LogP contribution in [0.1, 0.15) is 37.7 Å². The van der Waals surface area contributed by atoms with E-state index in [9.17, 15) is 36.4 Å². The van der Waals surface area contributed by atoms with Gasteiger partial charge in [0.15, 0.2) is 0 Å². The number of amides is 1. The molecule has 2 heterocycles. The van der Waals surface area contributed by atoms with E-state index in [1.54, 1.807) is 48.5 Å². The van der Waals surface area contributed by atoms with Crippen molar-refractivity contribution in [3.05, 3.63) is 54.1 Å². The molecule has 0 aromatic heterocycles. The van der Waals surface area contributed by atoms with Crippen LogP contribution in [-0.2, 0) is 30.9 Å². The Hall–Kier alpha value is -3.47. The summed E-state index contributed by atoms with van der Waals surface area (Å²) in [4.78, 5) is 28.7. The summed E-state index contributed by atoms with van der Waals surface area (Å²) in [5.74, 6) is -3.10. The first-order chi connectivity index (χ1) is 19.0. The zero-order chi connectivity index (χ0) is 28.9. The van der Waals surface area contributed by atoms with Gasteiger partial charge in [-0.05, 0) is 60.9 Å². The first kappa shape index (κ1) is 29.5. The molecule has 0 aliphatic carbocycles. The van der Waals surface area contributed by atoms with Gasteiger partial charge in [-0.1, -0.05) is 36.4 Å². The van der Waals surface area contributed by atoms with Crippen LogP contribution in [0.4, 0.5) is 13.2 Å². The second kappa shape index (κ2) is 12.4. The number of nitriles is 1. The largest absolute Gasteiger partial charge is 0.492 e. The Morgan fingerprint density at radius 2 is 1.70 bits per heavy atom. The third kappa shape index (κ3) is 6.99. The Morgan fingerprint density at radius 1 is 1.02 bits per heavy atom. The quantitative estimate of drug-likeness (QED) is 0.509. The van der Waals surface area contributed by atoms with E-state index in [4.69, 9.17) is 0 Å². The van der Waals surface area contributed by atoms with E-state index in [-0.39, 0.29) is 24.3 Å². The molecule has 2 fully saturated rings. The van der Waals surface area contributed by atoms with Gasteiger partial charge in [0.2, 0.25) is 15.9 Å². The number of benzene rings is 2. The predicted molar refractivity (Wildman–Crippen MR) is 138 cm³/mol. The maximum absolute atomic E-state index is 12.9. The third-order valence-electron chi connectivity index (χ3n) is 6.92. The van der Waals surface area contributed by atoms with Crippen LogP contribution in [0.3, 0.4) is 0 Å². The van der Waals surface area contributed by atoms with Gasteiger partial charge < -0.3 is 10.2 Å². The molecule has 0 unspecified atom stereocenters. The van der Waals surface area contributed by atoms with Crippen molar-refractivity contribution < 1.29 is 36.0 Å². The number of hydroxylamine groups is 2. The molecule has 214 valence electrons. The monoisotopic (exact) mass is 578 g/mol. The summed E-state index contributed by atoms with van der Waals surface area (Å²) in [6.45, 7) is 0.990. The summed E-state index contributed by atoms with van der Waals surface area (Å²) in [7, 11) is -3.57. The van der Waals surface area contributed by atoms with Gasteiger partial charge in [-0.25, -0.2) is 13.2 Å². The molecular formula is C27H29F3N4O5S. The van der Waals surface area contributed by atoms with Gasteiger partial charge in [0.25, 0.3) is 0 Å². The molecule has 2 atom stereocenters. The molecule has 0 spiro atoms. The maximum atomic E-state index is 12.9. The molecule has 0 radical (unpaired) electrons. The molecule has 1 amide bonds. The number of piperidine rings is 1. The lowest BCUT2D eigenvalue weighted by molar-refractivity contribution is -0.248. The molecule has 9 nitrogen and oxygen atoms in total. The van der Waals surface area contributed by atoms with E-state index in [1.165, 1.54) is 4.31 Å². The molecule has 2 aromatic carbocycles. The molecule has 2 aliphatic rings. The van der Waals surface area contributed by atoms with Crippen molar-refractivity contribution in [2.24, 2.45) is 0 Å². The first-order valence-corrected chi connectivity index (χ1v) is 14.4. The molecule has 2 saturated heterocycles. The highest BCUT2D eigenvalue weighted by Gasteiger charge is 2.44. The summed E-state index contributed by atoms with van der Waals surface area (Å²) in [6.07, 6.45) is -2.20. The number of carbonyl (C=O) groups excluding carboxylic acids is 2. The highest BCUT2D eigenvalue weighted by Crippen LogP contribution is 2.27. The van der Waals surface area contributed by atoms with Crippen LogP contribution in [0, 0.1) is 11.3 Å². The number of alkyl halides is 3. The highest BCUT2D eigenvalue weighted by molar-refractivity contribution is 7.89. The average molecular weight is 579 g/mol. The van der Waals surface area contributed by atoms with E-state index in [0.717, 1.165) is 23.5 Å². The summed E-state index contributed by atoms with van der Waals surface area (Å²) in [5, 5.41) is 12.9. The van der Waals surface area contributed by atoms with Gasteiger partial charge in [0, 0.05) is 26.1 Å². The summed E-state index contributed by atoms with van der Waals surface area (Å²) < 4.78 is 65.3. The topological polar surface area (TPSA) is 120 Å². The maximum Gasteiger partial charge on any atom is 0.492 e. The third-order valence-corrected chi connectivity index (χ3v) is 8.82. The van der Waals surface area contributed by atoms with Crippen molar-refractivity contribution >= 4 is 21.9 Å². The number of hydrogen-bond acceptors (Lipinski definition) is 7. The van der Waals surface area contributed by atoms with E-state index < -0.39 is 40.2 Å². The molecule has 40 heavy (non-hydrogen) atoms. The predicted octanol–water partition coefficient (Wildman–Crippen LogP) is 3.56. The number of carbonyl (C=O) groups is 2. The molecule has 2 aromatic rings. The Kier molecular flexibility index (Phi) is 9.12. The van der Waals surface area contributed by atoms with Gasteiger partial charge in [0.1, 0.15) is 12.1 Å². The molecule has 0 saturated carbocycles. The number of sulfonamides is 1. The Balaban J connectivity index is 1.40. The summed E-state index contributed by atoms with van der Waals surface area (Å²) >= 11 is 0. The van der Waals surface area contributed by atoms with Gasteiger partial charge in [-0.3, -0.25) is 4.79 Å². The first-order valence-electron chi connectivity index (χ1n) is 12.9. The minimum atomic E-state index is -5.19. The summed E-state index contributed by atoms with van der Waals surface area (Å²) in [5.41, 5.74) is 2.19. The van der Waals surface area contributed by atoms with Gasteiger partial charge >= 0.3 is 12.1 Å². The second-order valence-electron chi connectivity index (χ2n) is 9.76. The molecule has 13 heteroatoms. The fourth-order valence-electron chi connectivity index (χ4n) is 4.81. The number of rotatable bonds is 8.